The number of ether oxygens (including phenoxy) is 1. The summed E-state index contributed by atoms with van der Waals surface area (Å²) < 4.78 is 5.50. The molecule has 0 bridgehead atoms. The molecule has 0 unspecified atom stereocenters. The Labute approximate surface area is 184 Å². The molecule has 0 aliphatic rings. The van der Waals surface area contributed by atoms with Crippen molar-refractivity contribution in [3.63, 3.8) is 0 Å². The molecule has 0 spiro atoms. The van der Waals surface area contributed by atoms with Crippen molar-refractivity contribution in [1.29, 1.82) is 0 Å². The number of methoxy groups -OCH3 is 1. The first-order chi connectivity index (χ1) is 15.3. The average molecular weight is 413 g/mol. The Kier molecular flexibility index (Phi) is 8.62. The fourth-order valence-corrected chi connectivity index (χ4v) is 3.25. The number of pyridine rings is 1. The van der Waals surface area contributed by atoms with Gasteiger partial charge in [-0.25, -0.2) is 0 Å². The summed E-state index contributed by atoms with van der Waals surface area (Å²) >= 11 is 0. The van der Waals surface area contributed by atoms with Crippen LogP contribution < -0.4 is 10.1 Å². The summed E-state index contributed by atoms with van der Waals surface area (Å²) in [5.41, 5.74) is 3.97. The SMILES string of the molecule is COc1ccccc1C(C=Cc1ccccc1)=CC(=O)NCCCCc1cccnc1. The lowest BCUT2D eigenvalue weighted by Gasteiger charge is -2.10. The van der Waals surface area contributed by atoms with Crippen molar-refractivity contribution in [3.05, 3.63) is 108 Å². The van der Waals surface area contributed by atoms with Crippen LogP contribution in [0.15, 0.2) is 91.3 Å². The van der Waals surface area contributed by atoms with E-state index in [0.29, 0.717) is 6.54 Å². The van der Waals surface area contributed by atoms with E-state index in [2.05, 4.69) is 16.4 Å². The van der Waals surface area contributed by atoms with Crippen LogP contribution in [-0.4, -0.2) is 24.5 Å². The third kappa shape index (κ3) is 7.27. The van der Waals surface area contributed by atoms with Crippen molar-refractivity contribution in [2.24, 2.45) is 0 Å². The lowest BCUT2D eigenvalue weighted by molar-refractivity contribution is -0.116. The maximum atomic E-state index is 12.6. The van der Waals surface area contributed by atoms with E-state index in [9.17, 15) is 4.79 Å². The van der Waals surface area contributed by atoms with Gasteiger partial charge in [-0.15, -0.1) is 0 Å². The van der Waals surface area contributed by atoms with Crippen molar-refractivity contribution in [1.82, 2.24) is 10.3 Å². The van der Waals surface area contributed by atoms with E-state index in [4.69, 9.17) is 4.74 Å². The first kappa shape index (κ1) is 22.0. The smallest absolute Gasteiger partial charge is 0.244 e. The number of carbonyl (C=O) groups excluding carboxylic acids is 1. The Bertz CT molecular complexity index is 1010. The molecule has 0 atom stereocenters. The number of unbranched alkanes of at least 4 members (excludes halogenated alkanes) is 1. The number of aryl methyl sites for hydroxylation is 1. The van der Waals surface area contributed by atoms with E-state index in [0.717, 1.165) is 41.7 Å². The zero-order chi connectivity index (χ0) is 21.7. The van der Waals surface area contributed by atoms with Gasteiger partial charge in [0, 0.05) is 30.6 Å². The number of amides is 1. The fourth-order valence-electron chi connectivity index (χ4n) is 3.25. The van der Waals surface area contributed by atoms with E-state index >= 15 is 0 Å². The van der Waals surface area contributed by atoms with Crippen LogP contribution in [0, 0.1) is 0 Å². The molecule has 0 aliphatic carbocycles. The number of nitrogens with zero attached hydrogens (tertiary/aromatic N) is 1. The molecule has 1 N–H and O–H groups in total. The van der Waals surface area contributed by atoms with Crippen LogP contribution in [-0.2, 0) is 11.2 Å². The summed E-state index contributed by atoms with van der Waals surface area (Å²) in [6.07, 6.45) is 12.1. The molecule has 158 valence electrons. The highest BCUT2D eigenvalue weighted by Gasteiger charge is 2.08. The predicted octanol–water partition coefficient (Wildman–Crippen LogP) is 5.33. The van der Waals surface area contributed by atoms with E-state index in [1.807, 2.05) is 79.0 Å². The van der Waals surface area contributed by atoms with Gasteiger partial charge in [-0.2, -0.15) is 0 Å². The molecular formula is C27H28N2O2. The summed E-state index contributed by atoms with van der Waals surface area (Å²) in [5, 5.41) is 3.00. The number of benzene rings is 2. The highest BCUT2D eigenvalue weighted by molar-refractivity contribution is 5.99. The van der Waals surface area contributed by atoms with Gasteiger partial charge in [0.2, 0.25) is 5.91 Å². The minimum Gasteiger partial charge on any atom is -0.496 e. The zero-order valence-electron chi connectivity index (χ0n) is 17.8. The highest BCUT2D eigenvalue weighted by atomic mass is 16.5. The summed E-state index contributed by atoms with van der Waals surface area (Å²) in [6, 6.07) is 21.8. The second-order valence-corrected chi connectivity index (χ2v) is 7.15. The molecule has 0 saturated carbocycles. The van der Waals surface area contributed by atoms with Gasteiger partial charge in [-0.1, -0.05) is 66.7 Å². The van der Waals surface area contributed by atoms with Crippen LogP contribution in [0.5, 0.6) is 5.75 Å². The number of hydrogen-bond acceptors (Lipinski definition) is 3. The molecule has 0 radical (unpaired) electrons. The first-order valence-corrected chi connectivity index (χ1v) is 10.5. The van der Waals surface area contributed by atoms with Crippen molar-refractivity contribution >= 4 is 17.6 Å². The molecular weight excluding hydrogens is 384 g/mol. The third-order valence-electron chi connectivity index (χ3n) is 4.87. The summed E-state index contributed by atoms with van der Waals surface area (Å²) in [4.78, 5) is 16.7. The minimum atomic E-state index is -0.111. The predicted molar refractivity (Wildman–Crippen MR) is 127 cm³/mol. The Morgan fingerprint density at radius 3 is 2.58 bits per heavy atom. The van der Waals surface area contributed by atoms with E-state index in [1.54, 1.807) is 19.4 Å². The monoisotopic (exact) mass is 412 g/mol. The Morgan fingerprint density at radius 1 is 1.00 bits per heavy atom. The normalized spacial score (nSPS) is 11.5. The summed E-state index contributed by atoms with van der Waals surface area (Å²) in [6.45, 7) is 0.636. The van der Waals surface area contributed by atoms with Crippen LogP contribution >= 0.6 is 0 Å². The lowest BCUT2D eigenvalue weighted by Crippen LogP contribution is -2.22. The second-order valence-electron chi connectivity index (χ2n) is 7.15. The Morgan fingerprint density at radius 2 is 1.81 bits per heavy atom. The van der Waals surface area contributed by atoms with Gasteiger partial charge in [0.05, 0.1) is 7.11 Å². The van der Waals surface area contributed by atoms with Gasteiger partial charge in [-0.3, -0.25) is 9.78 Å². The fraction of sp³-hybridized carbons (Fsp3) is 0.185. The minimum absolute atomic E-state index is 0.111. The number of aromatic nitrogens is 1. The Hall–Kier alpha value is -3.66. The van der Waals surface area contributed by atoms with Crippen LogP contribution in [0.25, 0.3) is 11.6 Å². The Balaban J connectivity index is 1.64. The quantitative estimate of drug-likeness (QED) is 0.278. The maximum absolute atomic E-state index is 12.6. The highest BCUT2D eigenvalue weighted by Crippen LogP contribution is 2.27. The molecule has 1 aromatic heterocycles. The number of hydrogen-bond donors (Lipinski definition) is 1. The largest absolute Gasteiger partial charge is 0.496 e. The topological polar surface area (TPSA) is 51.2 Å². The van der Waals surface area contributed by atoms with Crippen molar-refractivity contribution in [2.75, 3.05) is 13.7 Å². The zero-order valence-corrected chi connectivity index (χ0v) is 17.8. The summed E-state index contributed by atoms with van der Waals surface area (Å²) in [7, 11) is 1.64. The van der Waals surface area contributed by atoms with Crippen LogP contribution in [0.4, 0.5) is 0 Å². The molecule has 4 heteroatoms. The molecule has 3 aromatic rings. The molecule has 0 fully saturated rings. The van der Waals surface area contributed by atoms with E-state index in [1.165, 1.54) is 5.56 Å². The number of allylic oxidation sites excluding steroid dienone is 2. The average Bonchev–Trinajstić information content (AvgIpc) is 2.83. The first-order valence-electron chi connectivity index (χ1n) is 10.5. The van der Waals surface area contributed by atoms with Gasteiger partial charge in [0.1, 0.15) is 5.75 Å². The second kappa shape index (κ2) is 12.1. The maximum Gasteiger partial charge on any atom is 0.244 e. The molecule has 4 nitrogen and oxygen atoms in total. The van der Waals surface area contributed by atoms with Crippen molar-refractivity contribution < 1.29 is 9.53 Å². The van der Waals surface area contributed by atoms with Gasteiger partial charge in [0.15, 0.2) is 0 Å². The van der Waals surface area contributed by atoms with E-state index in [-0.39, 0.29) is 5.91 Å². The van der Waals surface area contributed by atoms with Crippen molar-refractivity contribution in [3.8, 4) is 5.75 Å². The standard InChI is InChI=1S/C27H28N2O2/c1-31-26-15-6-5-14-25(26)24(17-16-22-10-3-2-4-11-22)20-27(30)29-19-8-7-12-23-13-9-18-28-21-23/h2-6,9-11,13-18,20-21H,7-8,12,19H2,1H3,(H,29,30). The number of para-hydroxylation sites is 1. The van der Waals surface area contributed by atoms with Crippen LogP contribution in [0.3, 0.4) is 0 Å². The van der Waals surface area contributed by atoms with Crippen molar-refractivity contribution in [2.45, 2.75) is 19.3 Å². The molecule has 31 heavy (non-hydrogen) atoms. The molecule has 1 heterocycles. The van der Waals surface area contributed by atoms with Gasteiger partial charge in [0.25, 0.3) is 0 Å². The lowest BCUT2D eigenvalue weighted by atomic mass is 10.0. The number of rotatable bonds is 10. The molecule has 0 aliphatic heterocycles. The summed E-state index contributed by atoms with van der Waals surface area (Å²) in [5.74, 6) is 0.621. The number of carbonyl (C=O) groups is 1. The molecule has 2 aromatic carbocycles. The van der Waals surface area contributed by atoms with Gasteiger partial charge in [-0.05, 0) is 48.1 Å². The van der Waals surface area contributed by atoms with Gasteiger partial charge < -0.3 is 10.1 Å². The van der Waals surface area contributed by atoms with Gasteiger partial charge >= 0.3 is 0 Å². The molecule has 1 amide bonds. The number of nitrogens with one attached hydrogen (secondary N) is 1. The third-order valence-corrected chi connectivity index (χ3v) is 4.87. The van der Waals surface area contributed by atoms with Crippen LogP contribution in [0.2, 0.25) is 0 Å². The molecule has 0 saturated heterocycles. The van der Waals surface area contributed by atoms with Crippen LogP contribution in [0.1, 0.15) is 29.5 Å². The van der Waals surface area contributed by atoms with E-state index < -0.39 is 0 Å². The molecule has 3 rings (SSSR count).